The van der Waals surface area contributed by atoms with E-state index in [9.17, 15) is 15.0 Å². The normalized spacial score (nSPS) is 14.2. The lowest BCUT2D eigenvalue weighted by Crippen LogP contribution is -2.32. The minimum absolute atomic E-state index is 0.0371. The number of rotatable bonds is 0. The summed E-state index contributed by atoms with van der Waals surface area (Å²) in [6.45, 7) is 0. The number of esters is 1. The third-order valence-corrected chi connectivity index (χ3v) is 5.35. The van der Waals surface area contributed by atoms with Gasteiger partial charge in [-0.3, -0.25) is 0 Å². The number of nitrogens with zero attached hydrogens (tertiary/aromatic N) is 3. The Morgan fingerprint density at radius 1 is 0.844 bits per heavy atom. The Bertz CT molecular complexity index is 1300. The SMILES string of the molecule is Clc1ccnnn1.O=C1OC2(c3ccc(O)cc3Oc3cc(O)ccc32)c2ccccc21. The Balaban J connectivity index is 0.000000265. The fraction of sp³-hybridized carbons (Fsp3) is 0.0435. The molecule has 1 aromatic heterocycles. The van der Waals surface area contributed by atoms with Crippen molar-refractivity contribution in [2.45, 2.75) is 5.60 Å². The summed E-state index contributed by atoms with van der Waals surface area (Å²) in [5.41, 5.74) is 1.28. The molecule has 0 unspecified atom stereocenters. The van der Waals surface area contributed by atoms with Gasteiger partial charge in [0.05, 0.1) is 11.8 Å². The van der Waals surface area contributed by atoms with Gasteiger partial charge in [0.15, 0.2) is 10.8 Å². The first-order valence-electron chi connectivity index (χ1n) is 9.46. The second-order valence-electron chi connectivity index (χ2n) is 7.02. The van der Waals surface area contributed by atoms with E-state index in [-0.39, 0.29) is 11.5 Å². The van der Waals surface area contributed by atoms with E-state index >= 15 is 0 Å². The lowest BCUT2D eigenvalue weighted by atomic mass is 9.77. The number of hydrogen-bond donors (Lipinski definition) is 2. The minimum Gasteiger partial charge on any atom is -0.508 e. The number of fused-ring (bicyclic) bond motifs is 6. The molecule has 3 aromatic carbocycles. The molecule has 0 saturated carbocycles. The summed E-state index contributed by atoms with van der Waals surface area (Å²) in [6, 6.07) is 18.2. The van der Waals surface area contributed by atoms with Gasteiger partial charge in [0.2, 0.25) is 0 Å². The standard InChI is InChI=1S/C20H12O5.C3H2ClN3/c21-11-5-7-15-17(9-11)24-18-10-12(22)6-8-16(18)20(15)14-4-2-1-3-13(14)19(23)25-20;4-3-1-2-5-7-6-3/h1-10,21-22H;1-2H. The molecule has 0 bridgehead atoms. The molecule has 158 valence electrons. The molecule has 3 heterocycles. The van der Waals surface area contributed by atoms with Gasteiger partial charge < -0.3 is 19.7 Å². The second-order valence-corrected chi connectivity index (χ2v) is 7.41. The highest BCUT2D eigenvalue weighted by molar-refractivity contribution is 6.29. The van der Waals surface area contributed by atoms with E-state index in [1.54, 1.807) is 30.3 Å². The van der Waals surface area contributed by atoms with E-state index in [1.165, 1.54) is 30.5 Å². The first-order valence-corrected chi connectivity index (χ1v) is 9.84. The fourth-order valence-electron chi connectivity index (χ4n) is 3.88. The lowest BCUT2D eigenvalue weighted by Gasteiger charge is -2.36. The number of aromatic hydroxyl groups is 2. The molecule has 2 aliphatic rings. The molecule has 0 radical (unpaired) electrons. The third-order valence-electron chi connectivity index (χ3n) is 5.15. The van der Waals surface area contributed by atoms with Crippen molar-refractivity contribution in [1.82, 2.24) is 15.4 Å². The largest absolute Gasteiger partial charge is 0.508 e. The maximum atomic E-state index is 12.5. The van der Waals surface area contributed by atoms with E-state index in [4.69, 9.17) is 21.1 Å². The summed E-state index contributed by atoms with van der Waals surface area (Å²) in [5, 5.41) is 30.1. The van der Waals surface area contributed by atoms with E-state index in [0.29, 0.717) is 38.9 Å². The van der Waals surface area contributed by atoms with Crippen molar-refractivity contribution in [2.75, 3.05) is 0 Å². The van der Waals surface area contributed by atoms with Crippen molar-refractivity contribution in [3.05, 3.63) is 100 Å². The average molecular weight is 448 g/mol. The highest BCUT2D eigenvalue weighted by Crippen LogP contribution is 2.56. The Morgan fingerprint density at radius 3 is 2.06 bits per heavy atom. The lowest BCUT2D eigenvalue weighted by molar-refractivity contribution is 0.0224. The number of phenolic OH excluding ortho intramolecular Hbond substituents is 2. The van der Waals surface area contributed by atoms with Crippen molar-refractivity contribution in [1.29, 1.82) is 0 Å². The Hall–Kier alpha value is -4.17. The van der Waals surface area contributed by atoms with Crippen molar-refractivity contribution in [2.24, 2.45) is 0 Å². The van der Waals surface area contributed by atoms with E-state index in [2.05, 4.69) is 15.4 Å². The van der Waals surface area contributed by atoms with Gasteiger partial charge in [-0.2, -0.15) is 0 Å². The molecule has 0 fully saturated rings. The minimum atomic E-state index is -1.17. The molecule has 1 spiro atoms. The van der Waals surface area contributed by atoms with Crippen LogP contribution >= 0.6 is 11.6 Å². The van der Waals surface area contributed by atoms with Crippen LogP contribution in [0.1, 0.15) is 27.0 Å². The molecule has 0 saturated heterocycles. The molecular formula is C23H14ClN3O5. The van der Waals surface area contributed by atoms with Gasteiger partial charge in [0.25, 0.3) is 0 Å². The topological polar surface area (TPSA) is 115 Å². The van der Waals surface area contributed by atoms with Crippen LogP contribution in [0.5, 0.6) is 23.0 Å². The van der Waals surface area contributed by atoms with E-state index in [1.807, 2.05) is 12.1 Å². The number of ether oxygens (including phenoxy) is 2. The zero-order valence-electron chi connectivity index (χ0n) is 16.3. The zero-order chi connectivity index (χ0) is 22.3. The monoisotopic (exact) mass is 447 g/mol. The van der Waals surface area contributed by atoms with Crippen LogP contribution in [0.2, 0.25) is 5.15 Å². The van der Waals surface area contributed by atoms with Crippen molar-refractivity contribution in [3.63, 3.8) is 0 Å². The number of benzene rings is 3. The van der Waals surface area contributed by atoms with Gasteiger partial charge in [0.1, 0.15) is 23.0 Å². The third kappa shape index (κ3) is 3.09. The second kappa shape index (κ2) is 7.51. The molecule has 2 aliphatic heterocycles. The Labute approximate surface area is 186 Å². The van der Waals surface area contributed by atoms with Gasteiger partial charge in [-0.1, -0.05) is 29.8 Å². The summed E-state index contributed by atoms with van der Waals surface area (Å²) in [6.07, 6.45) is 1.48. The highest BCUT2D eigenvalue weighted by Gasteiger charge is 2.53. The molecule has 6 rings (SSSR count). The Kier molecular flexibility index (Phi) is 4.64. The Morgan fingerprint density at radius 2 is 1.50 bits per heavy atom. The van der Waals surface area contributed by atoms with Crippen LogP contribution in [0.25, 0.3) is 0 Å². The molecule has 2 N–H and O–H groups in total. The first-order chi connectivity index (χ1) is 15.5. The van der Waals surface area contributed by atoms with Crippen molar-refractivity contribution >= 4 is 17.6 Å². The molecule has 0 atom stereocenters. The molecule has 32 heavy (non-hydrogen) atoms. The molecule has 9 heteroatoms. The number of carbonyl (C=O) groups is 1. The van der Waals surface area contributed by atoms with Gasteiger partial charge in [-0.25, -0.2) is 4.79 Å². The first kappa shape index (κ1) is 19.8. The van der Waals surface area contributed by atoms with Gasteiger partial charge in [-0.05, 0) is 41.6 Å². The summed E-state index contributed by atoms with van der Waals surface area (Å²) >= 11 is 5.33. The molecule has 8 nitrogen and oxygen atoms in total. The predicted molar refractivity (Wildman–Crippen MR) is 113 cm³/mol. The maximum Gasteiger partial charge on any atom is 0.340 e. The van der Waals surface area contributed by atoms with Crippen LogP contribution < -0.4 is 4.74 Å². The van der Waals surface area contributed by atoms with Crippen LogP contribution in [0, 0.1) is 0 Å². The molecular weight excluding hydrogens is 434 g/mol. The zero-order valence-corrected chi connectivity index (χ0v) is 17.0. The van der Waals surface area contributed by atoms with Crippen LogP contribution in [-0.4, -0.2) is 31.6 Å². The van der Waals surface area contributed by atoms with Crippen LogP contribution in [0.3, 0.4) is 0 Å². The summed E-state index contributed by atoms with van der Waals surface area (Å²) in [7, 11) is 0. The molecule has 0 aliphatic carbocycles. The van der Waals surface area contributed by atoms with Crippen molar-refractivity contribution in [3.8, 4) is 23.0 Å². The average Bonchev–Trinajstić information content (AvgIpc) is 3.08. The van der Waals surface area contributed by atoms with E-state index < -0.39 is 11.6 Å². The predicted octanol–water partition coefficient (Wildman–Crippen LogP) is 4.19. The van der Waals surface area contributed by atoms with Crippen LogP contribution in [-0.2, 0) is 10.3 Å². The fourth-order valence-corrected chi connectivity index (χ4v) is 3.97. The van der Waals surface area contributed by atoms with Crippen LogP contribution in [0.15, 0.2) is 72.9 Å². The number of aromatic nitrogens is 3. The molecule has 4 aromatic rings. The number of phenols is 2. The van der Waals surface area contributed by atoms with Crippen molar-refractivity contribution < 1.29 is 24.5 Å². The summed E-state index contributed by atoms with van der Waals surface area (Å²) in [5.74, 6) is 0.408. The molecule has 0 amide bonds. The summed E-state index contributed by atoms with van der Waals surface area (Å²) in [4.78, 5) is 12.5. The smallest absolute Gasteiger partial charge is 0.340 e. The highest BCUT2D eigenvalue weighted by atomic mass is 35.5. The van der Waals surface area contributed by atoms with Gasteiger partial charge in [-0.15, -0.1) is 10.2 Å². The summed E-state index contributed by atoms with van der Waals surface area (Å²) < 4.78 is 11.8. The number of halogens is 1. The quantitative estimate of drug-likeness (QED) is 0.385. The van der Waals surface area contributed by atoms with Gasteiger partial charge >= 0.3 is 5.97 Å². The van der Waals surface area contributed by atoms with Crippen LogP contribution in [0.4, 0.5) is 0 Å². The number of carbonyl (C=O) groups excluding carboxylic acids is 1. The van der Waals surface area contributed by atoms with E-state index in [0.717, 1.165) is 0 Å². The van der Waals surface area contributed by atoms with Gasteiger partial charge in [0, 0.05) is 28.8 Å². The maximum absolute atomic E-state index is 12.5. The number of hydrogen-bond acceptors (Lipinski definition) is 8.